The number of sulfonamides is 1. The van der Waals surface area contributed by atoms with Crippen molar-refractivity contribution in [1.29, 1.82) is 0 Å². The summed E-state index contributed by atoms with van der Waals surface area (Å²) in [6, 6.07) is 19.9. The number of aromatic nitrogens is 1. The molecule has 1 aliphatic rings. The average Bonchev–Trinajstić information content (AvgIpc) is 2.88. The molecule has 0 saturated carbocycles. The Morgan fingerprint density at radius 1 is 0.886 bits per heavy atom. The van der Waals surface area contributed by atoms with E-state index in [0.717, 1.165) is 27.5 Å². The van der Waals surface area contributed by atoms with Gasteiger partial charge in [-0.2, -0.15) is 4.31 Å². The third-order valence-corrected chi connectivity index (χ3v) is 8.53. The van der Waals surface area contributed by atoms with Crippen molar-refractivity contribution in [2.75, 3.05) is 26.2 Å². The fourth-order valence-electron chi connectivity index (χ4n) is 4.41. The van der Waals surface area contributed by atoms with Crippen LogP contribution in [0.4, 0.5) is 0 Å². The number of carbonyl (C=O) groups is 1. The van der Waals surface area contributed by atoms with Gasteiger partial charge in [-0.25, -0.2) is 8.42 Å². The number of rotatable bonds is 4. The number of pyridine rings is 1. The summed E-state index contributed by atoms with van der Waals surface area (Å²) in [6.07, 6.45) is 3.57. The molecule has 0 bridgehead atoms. The Labute approximate surface area is 209 Å². The van der Waals surface area contributed by atoms with Crippen LogP contribution in [0.2, 0.25) is 5.02 Å². The molecule has 8 heteroatoms. The summed E-state index contributed by atoms with van der Waals surface area (Å²) in [5.41, 5.74) is 3.76. The van der Waals surface area contributed by atoms with Crippen LogP contribution in [0, 0.1) is 6.92 Å². The van der Waals surface area contributed by atoms with Gasteiger partial charge < -0.3 is 4.90 Å². The lowest BCUT2D eigenvalue weighted by molar-refractivity contribution is 0.0698. The molecular weight excluding hydrogens is 482 g/mol. The Bertz CT molecular complexity index is 1510. The number of nitrogens with zero attached hydrogens (tertiary/aromatic N) is 3. The van der Waals surface area contributed by atoms with E-state index in [2.05, 4.69) is 4.98 Å². The highest BCUT2D eigenvalue weighted by Gasteiger charge is 2.30. The monoisotopic (exact) mass is 505 g/mol. The van der Waals surface area contributed by atoms with Crippen molar-refractivity contribution in [1.82, 2.24) is 14.2 Å². The van der Waals surface area contributed by atoms with Crippen molar-refractivity contribution >= 4 is 38.3 Å². The number of hydrogen-bond donors (Lipinski definition) is 0. The molecule has 1 saturated heterocycles. The second-order valence-corrected chi connectivity index (χ2v) is 11.0. The molecule has 6 nitrogen and oxygen atoms in total. The number of fused-ring (bicyclic) bond motifs is 1. The maximum Gasteiger partial charge on any atom is 0.253 e. The topological polar surface area (TPSA) is 70.6 Å². The molecule has 5 rings (SSSR count). The van der Waals surface area contributed by atoms with E-state index >= 15 is 0 Å². The second kappa shape index (κ2) is 9.41. The van der Waals surface area contributed by atoms with Crippen LogP contribution in [0.3, 0.4) is 0 Å². The van der Waals surface area contributed by atoms with Crippen LogP contribution in [-0.2, 0) is 10.0 Å². The SMILES string of the molecule is Cc1cnccc1-c1ccc(C(=O)N2CCN(S(=O)(=O)c3ccc4cc(Cl)ccc4c3)CC2)cc1. The van der Waals surface area contributed by atoms with Crippen molar-refractivity contribution in [3.63, 3.8) is 0 Å². The fourth-order valence-corrected chi connectivity index (χ4v) is 6.05. The molecule has 1 aliphatic heterocycles. The summed E-state index contributed by atoms with van der Waals surface area (Å²) in [7, 11) is -3.66. The smallest absolute Gasteiger partial charge is 0.253 e. The van der Waals surface area contributed by atoms with Crippen molar-refractivity contribution in [3.8, 4) is 11.1 Å². The summed E-state index contributed by atoms with van der Waals surface area (Å²) >= 11 is 6.03. The van der Waals surface area contributed by atoms with E-state index in [0.29, 0.717) is 23.7 Å². The predicted molar refractivity (Wildman–Crippen MR) is 138 cm³/mol. The lowest BCUT2D eigenvalue weighted by atomic mass is 10.0. The van der Waals surface area contributed by atoms with Gasteiger partial charge in [0.2, 0.25) is 10.0 Å². The number of hydrogen-bond acceptors (Lipinski definition) is 4. The van der Waals surface area contributed by atoms with Gasteiger partial charge in [-0.05, 0) is 76.9 Å². The molecule has 0 N–H and O–H groups in total. The first-order valence-corrected chi connectivity index (χ1v) is 13.1. The van der Waals surface area contributed by atoms with Crippen LogP contribution >= 0.6 is 11.6 Å². The average molecular weight is 506 g/mol. The standard InChI is InChI=1S/C27H24ClN3O3S/c1-19-18-29-11-10-26(19)20-2-4-21(5-3-20)27(32)30-12-14-31(15-13-30)35(33,34)25-9-7-22-16-24(28)8-6-23(22)17-25/h2-11,16-18H,12-15H2,1H3. The lowest BCUT2D eigenvalue weighted by Gasteiger charge is -2.34. The highest BCUT2D eigenvalue weighted by Crippen LogP contribution is 2.26. The molecule has 0 unspecified atom stereocenters. The third kappa shape index (κ3) is 4.67. The highest BCUT2D eigenvalue weighted by molar-refractivity contribution is 7.89. The molecular formula is C27H24ClN3O3S. The molecule has 0 radical (unpaired) electrons. The number of carbonyl (C=O) groups excluding carboxylic acids is 1. The summed E-state index contributed by atoms with van der Waals surface area (Å²) in [5, 5.41) is 2.31. The van der Waals surface area contributed by atoms with Crippen LogP contribution in [0.5, 0.6) is 0 Å². The summed E-state index contributed by atoms with van der Waals surface area (Å²) in [6.45, 7) is 3.18. The number of aryl methyl sites for hydroxylation is 1. The molecule has 1 fully saturated rings. The van der Waals surface area contributed by atoms with Gasteiger partial charge in [0.05, 0.1) is 4.90 Å². The van der Waals surface area contributed by atoms with Crippen molar-refractivity contribution in [2.24, 2.45) is 0 Å². The van der Waals surface area contributed by atoms with Gasteiger partial charge in [0, 0.05) is 49.2 Å². The van der Waals surface area contributed by atoms with Gasteiger partial charge in [-0.1, -0.05) is 35.9 Å². The highest BCUT2D eigenvalue weighted by atomic mass is 35.5. The molecule has 0 aliphatic carbocycles. The van der Waals surface area contributed by atoms with E-state index < -0.39 is 10.0 Å². The molecule has 0 atom stereocenters. The van der Waals surface area contributed by atoms with Gasteiger partial charge in [-0.3, -0.25) is 9.78 Å². The first kappa shape index (κ1) is 23.5. The van der Waals surface area contributed by atoms with Gasteiger partial charge in [0.15, 0.2) is 0 Å². The van der Waals surface area contributed by atoms with Crippen LogP contribution in [0.25, 0.3) is 21.9 Å². The van der Waals surface area contributed by atoms with E-state index in [1.165, 1.54) is 4.31 Å². The lowest BCUT2D eigenvalue weighted by Crippen LogP contribution is -2.50. The van der Waals surface area contributed by atoms with Crippen molar-refractivity contribution < 1.29 is 13.2 Å². The minimum Gasteiger partial charge on any atom is -0.336 e. The zero-order valence-corrected chi connectivity index (χ0v) is 20.8. The van der Waals surface area contributed by atoms with E-state index in [9.17, 15) is 13.2 Å². The van der Waals surface area contributed by atoms with Crippen LogP contribution in [0.1, 0.15) is 15.9 Å². The summed E-state index contributed by atoms with van der Waals surface area (Å²) < 4.78 is 27.9. The zero-order chi connectivity index (χ0) is 24.6. The van der Waals surface area contributed by atoms with Gasteiger partial charge in [0.25, 0.3) is 5.91 Å². The molecule has 4 aromatic rings. The fraction of sp³-hybridized carbons (Fsp3) is 0.185. The Morgan fingerprint density at radius 3 is 2.29 bits per heavy atom. The quantitative estimate of drug-likeness (QED) is 0.391. The van der Waals surface area contributed by atoms with Crippen LogP contribution in [0.15, 0.2) is 84.0 Å². The number of benzene rings is 3. The molecule has 2 heterocycles. The first-order chi connectivity index (χ1) is 16.8. The Balaban J connectivity index is 1.27. The zero-order valence-electron chi connectivity index (χ0n) is 19.2. The number of halogens is 1. The largest absolute Gasteiger partial charge is 0.336 e. The van der Waals surface area contributed by atoms with E-state index in [-0.39, 0.29) is 23.9 Å². The number of piperazine rings is 1. The van der Waals surface area contributed by atoms with Crippen LogP contribution < -0.4 is 0 Å². The van der Waals surface area contributed by atoms with Gasteiger partial charge in [-0.15, -0.1) is 0 Å². The molecule has 35 heavy (non-hydrogen) atoms. The van der Waals surface area contributed by atoms with E-state index in [1.54, 1.807) is 35.4 Å². The summed E-state index contributed by atoms with van der Waals surface area (Å²) in [4.78, 5) is 19.1. The summed E-state index contributed by atoms with van der Waals surface area (Å²) in [5.74, 6) is -0.0948. The van der Waals surface area contributed by atoms with E-state index in [4.69, 9.17) is 11.6 Å². The van der Waals surface area contributed by atoms with Crippen molar-refractivity contribution in [3.05, 3.63) is 95.3 Å². The Morgan fingerprint density at radius 2 is 1.57 bits per heavy atom. The number of amides is 1. The van der Waals surface area contributed by atoms with Crippen LogP contribution in [-0.4, -0.2) is 54.7 Å². The second-order valence-electron chi connectivity index (χ2n) is 8.62. The maximum atomic E-state index is 13.2. The van der Waals surface area contributed by atoms with Gasteiger partial charge >= 0.3 is 0 Å². The molecule has 1 aromatic heterocycles. The predicted octanol–water partition coefficient (Wildman–Crippen LogP) is 5.01. The molecule has 3 aromatic carbocycles. The van der Waals surface area contributed by atoms with E-state index in [1.807, 2.05) is 55.6 Å². The molecule has 1 amide bonds. The van der Waals surface area contributed by atoms with Crippen molar-refractivity contribution in [2.45, 2.75) is 11.8 Å². The molecule has 0 spiro atoms. The first-order valence-electron chi connectivity index (χ1n) is 11.3. The maximum absolute atomic E-state index is 13.2. The third-order valence-electron chi connectivity index (χ3n) is 6.40. The molecule has 178 valence electrons. The van der Waals surface area contributed by atoms with Gasteiger partial charge in [0.1, 0.15) is 0 Å². The minimum absolute atomic E-state index is 0.0948. The normalized spacial score (nSPS) is 14.9. The Hall–Kier alpha value is -3.26. The minimum atomic E-state index is -3.66. The Kier molecular flexibility index (Phi) is 6.32.